The Balaban J connectivity index is 1.65. The van der Waals surface area contributed by atoms with Crippen molar-refractivity contribution in [3.8, 4) is 12.3 Å². The summed E-state index contributed by atoms with van der Waals surface area (Å²) in [5.41, 5.74) is 4.24. The van der Waals surface area contributed by atoms with Crippen LogP contribution in [0.25, 0.3) is 0 Å². The highest BCUT2D eigenvalue weighted by Gasteiger charge is 2.21. The van der Waals surface area contributed by atoms with Gasteiger partial charge >= 0.3 is 5.97 Å². The van der Waals surface area contributed by atoms with Crippen LogP contribution in [0.4, 0.5) is 5.69 Å². The monoisotopic (exact) mass is 403 g/mol. The van der Waals surface area contributed by atoms with Crippen LogP contribution in [0.5, 0.6) is 0 Å². The summed E-state index contributed by atoms with van der Waals surface area (Å²) in [5.74, 6) is 2.01. The van der Waals surface area contributed by atoms with Gasteiger partial charge in [-0.3, -0.25) is 15.0 Å². The Labute approximate surface area is 176 Å². The summed E-state index contributed by atoms with van der Waals surface area (Å²) in [4.78, 5) is 25.2. The van der Waals surface area contributed by atoms with Crippen LogP contribution in [-0.2, 0) is 17.6 Å². The van der Waals surface area contributed by atoms with Crippen molar-refractivity contribution in [3.05, 3.63) is 64.7 Å². The molecule has 0 aromatic heterocycles. The number of terminal acetylenes is 1. The Morgan fingerprint density at radius 3 is 2.57 bits per heavy atom. The number of rotatable bonds is 6. The highest BCUT2D eigenvalue weighted by atomic mass is 16.4. The summed E-state index contributed by atoms with van der Waals surface area (Å²) in [5, 5.41) is 20.0. The van der Waals surface area contributed by atoms with E-state index in [1.54, 1.807) is 36.2 Å². The van der Waals surface area contributed by atoms with E-state index >= 15 is 0 Å². The second kappa shape index (κ2) is 9.27. The normalized spacial score (nSPS) is 14.9. The molecule has 0 spiro atoms. The Kier molecular flexibility index (Phi) is 6.53. The van der Waals surface area contributed by atoms with Crippen LogP contribution in [0.3, 0.4) is 0 Å². The quantitative estimate of drug-likeness (QED) is 0.391. The van der Waals surface area contributed by atoms with Crippen molar-refractivity contribution in [2.24, 2.45) is 5.92 Å². The number of hydrogen-bond donors (Lipinski definition) is 3. The maximum absolute atomic E-state index is 12.6. The number of hydrogen-bond acceptors (Lipinski definition) is 3. The van der Waals surface area contributed by atoms with Crippen LogP contribution in [0.15, 0.2) is 42.5 Å². The molecule has 0 heterocycles. The van der Waals surface area contributed by atoms with Crippen molar-refractivity contribution in [3.63, 3.8) is 0 Å². The molecule has 2 aromatic carbocycles. The lowest BCUT2D eigenvalue weighted by molar-refractivity contribution is -0.138. The standard InChI is InChI=1S/C24H25N3O3/c1-3-12-27(2)23(25)17-6-8-18(9-7-17)24(30)26-21-11-10-19-13-16(14-22(28)29)4-5-20(19)15-21/h1,6-11,15-16,25H,4-5,12-14H2,2H3,(H,26,30)(H,28,29). The van der Waals surface area contributed by atoms with Crippen molar-refractivity contribution in [1.29, 1.82) is 5.41 Å². The Morgan fingerprint density at radius 1 is 1.20 bits per heavy atom. The van der Waals surface area contributed by atoms with E-state index in [0.29, 0.717) is 23.5 Å². The molecule has 0 fully saturated rings. The molecule has 6 nitrogen and oxygen atoms in total. The molecule has 0 radical (unpaired) electrons. The van der Waals surface area contributed by atoms with E-state index in [1.165, 1.54) is 0 Å². The predicted octanol–water partition coefficient (Wildman–Crippen LogP) is 3.41. The first-order chi connectivity index (χ1) is 14.4. The number of aryl methyl sites for hydroxylation is 1. The van der Waals surface area contributed by atoms with Crippen LogP contribution in [0.2, 0.25) is 0 Å². The van der Waals surface area contributed by atoms with Gasteiger partial charge in [-0.25, -0.2) is 0 Å². The SMILES string of the molecule is C#CCN(C)C(=N)c1ccc(C(=O)Nc2ccc3c(c2)CCC(CC(=O)O)C3)cc1. The first kappa shape index (κ1) is 21.1. The molecule has 2 aromatic rings. The third-order valence-electron chi connectivity index (χ3n) is 5.39. The number of fused-ring (bicyclic) bond motifs is 1. The minimum Gasteiger partial charge on any atom is -0.481 e. The fraction of sp³-hybridized carbons (Fsp3) is 0.292. The van der Waals surface area contributed by atoms with Gasteiger partial charge in [0, 0.05) is 30.3 Å². The number of amides is 1. The molecule has 0 saturated heterocycles. The average molecular weight is 403 g/mol. The largest absolute Gasteiger partial charge is 0.481 e. The summed E-state index contributed by atoms with van der Waals surface area (Å²) in [6.45, 7) is 0.344. The lowest BCUT2D eigenvalue weighted by Crippen LogP contribution is -2.27. The number of nitrogens with zero attached hydrogens (tertiary/aromatic N) is 1. The van der Waals surface area contributed by atoms with Gasteiger partial charge in [0.2, 0.25) is 0 Å². The fourth-order valence-corrected chi connectivity index (χ4v) is 3.75. The highest BCUT2D eigenvalue weighted by molar-refractivity contribution is 6.05. The molecule has 3 N–H and O–H groups in total. The molecule has 6 heteroatoms. The topological polar surface area (TPSA) is 93.5 Å². The number of benzene rings is 2. The van der Waals surface area contributed by atoms with E-state index < -0.39 is 5.97 Å². The van der Waals surface area contributed by atoms with Gasteiger partial charge in [0.1, 0.15) is 5.84 Å². The number of aliphatic carboxylic acids is 1. The van der Waals surface area contributed by atoms with Gasteiger partial charge in [-0.1, -0.05) is 24.1 Å². The van der Waals surface area contributed by atoms with Crippen molar-refractivity contribution in [1.82, 2.24) is 4.90 Å². The minimum absolute atomic E-state index is 0.173. The van der Waals surface area contributed by atoms with Crippen LogP contribution >= 0.6 is 0 Å². The van der Waals surface area contributed by atoms with Crippen LogP contribution in [0, 0.1) is 23.7 Å². The van der Waals surface area contributed by atoms with E-state index in [1.807, 2.05) is 18.2 Å². The van der Waals surface area contributed by atoms with E-state index in [0.717, 1.165) is 36.1 Å². The summed E-state index contributed by atoms with van der Waals surface area (Å²) < 4.78 is 0. The van der Waals surface area contributed by atoms with Gasteiger partial charge in [0.15, 0.2) is 0 Å². The molecular weight excluding hydrogens is 378 g/mol. The second-order valence-corrected chi connectivity index (χ2v) is 7.63. The smallest absolute Gasteiger partial charge is 0.303 e. The Hall–Kier alpha value is -3.59. The minimum atomic E-state index is -0.754. The van der Waals surface area contributed by atoms with Gasteiger partial charge in [-0.2, -0.15) is 0 Å². The van der Waals surface area contributed by atoms with Gasteiger partial charge in [-0.15, -0.1) is 6.42 Å². The van der Waals surface area contributed by atoms with Crippen LogP contribution < -0.4 is 5.32 Å². The van der Waals surface area contributed by atoms with E-state index in [2.05, 4.69) is 11.2 Å². The van der Waals surface area contributed by atoms with Gasteiger partial charge in [-0.05, 0) is 60.6 Å². The second-order valence-electron chi connectivity index (χ2n) is 7.63. The molecular formula is C24H25N3O3. The van der Waals surface area contributed by atoms with E-state index in [-0.39, 0.29) is 18.2 Å². The molecule has 0 bridgehead atoms. The number of carbonyl (C=O) groups excluding carboxylic acids is 1. The molecule has 1 aliphatic rings. The first-order valence-electron chi connectivity index (χ1n) is 9.86. The summed E-state index contributed by atoms with van der Waals surface area (Å²) in [6, 6.07) is 12.7. The summed E-state index contributed by atoms with van der Waals surface area (Å²) >= 11 is 0. The number of anilines is 1. The maximum atomic E-state index is 12.6. The number of amidine groups is 1. The molecule has 1 aliphatic carbocycles. The average Bonchev–Trinajstić information content (AvgIpc) is 2.73. The number of carboxylic acids is 1. The van der Waals surface area contributed by atoms with E-state index in [4.69, 9.17) is 16.9 Å². The van der Waals surface area contributed by atoms with Gasteiger partial charge in [0.25, 0.3) is 5.91 Å². The summed E-state index contributed by atoms with van der Waals surface area (Å²) in [7, 11) is 1.75. The Bertz CT molecular complexity index is 1010. The van der Waals surface area contributed by atoms with Crippen LogP contribution in [0.1, 0.15) is 39.9 Å². The van der Waals surface area contributed by atoms with Crippen LogP contribution in [-0.4, -0.2) is 41.3 Å². The molecule has 0 saturated carbocycles. The van der Waals surface area contributed by atoms with Gasteiger partial charge < -0.3 is 15.3 Å². The molecule has 154 valence electrons. The Morgan fingerprint density at radius 2 is 1.90 bits per heavy atom. The number of carboxylic acid groups (broad SMARTS) is 1. The maximum Gasteiger partial charge on any atom is 0.303 e. The first-order valence-corrected chi connectivity index (χ1v) is 9.86. The van der Waals surface area contributed by atoms with Crippen molar-refractivity contribution >= 4 is 23.4 Å². The molecule has 3 rings (SSSR count). The third kappa shape index (κ3) is 5.06. The fourth-order valence-electron chi connectivity index (χ4n) is 3.75. The molecule has 1 amide bonds. The highest BCUT2D eigenvalue weighted by Crippen LogP contribution is 2.29. The predicted molar refractivity (Wildman–Crippen MR) is 117 cm³/mol. The lowest BCUT2D eigenvalue weighted by Gasteiger charge is -2.24. The van der Waals surface area contributed by atoms with Gasteiger partial charge in [0.05, 0.1) is 6.54 Å². The molecule has 1 atom stereocenters. The number of nitrogens with one attached hydrogen (secondary N) is 2. The van der Waals surface area contributed by atoms with Crippen molar-refractivity contribution in [2.45, 2.75) is 25.7 Å². The summed E-state index contributed by atoms with van der Waals surface area (Å²) in [6.07, 6.45) is 7.91. The zero-order valence-electron chi connectivity index (χ0n) is 16.9. The third-order valence-corrected chi connectivity index (χ3v) is 5.39. The van der Waals surface area contributed by atoms with E-state index in [9.17, 15) is 9.59 Å². The van der Waals surface area contributed by atoms with Crippen molar-refractivity contribution < 1.29 is 14.7 Å². The molecule has 0 aliphatic heterocycles. The number of carbonyl (C=O) groups is 2. The zero-order chi connectivity index (χ0) is 21.7. The van der Waals surface area contributed by atoms with Crippen molar-refractivity contribution in [2.75, 3.05) is 18.9 Å². The molecule has 30 heavy (non-hydrogen) atoms. The zero-order valence-corrected chi connectivity index (χ0v) is 16.9. The lowest BCUT2D eigenvalue weighted by atomic mass is 9.82. The molecule has 1 unspecified atom stereocenters.